The molecule has 8 heteroatoms. The number of sulfonamides is 1. The molecule has 0 radical (unpaired) electrons. The molecule has 158 valence electrons. The molecule has 0 spiro atoms. The van der Waals surface area contributed by atoms with E-state index in [1.54, 1.807) is 6.07 Å². The SMILES string of the molecule is O=S(=O)(Nc1nc2ccccc2nc1Nc1ccc2ccccc2c1)c1ccc(Cl)cc1. The normalized spacial score (nSPS) is 11.5. The van der Waals surface area contributed by atoms with Gasteiger partial charge in [0.05, 0.1) is 15.9 Å². The highest BCUT2D eigenvalue weighted by atomic mass is 35.5. The number of benzene rings is 4. The summed E-state index contributed by atoms with van der Waals surface area (Å²) in [5, 5.41) is 5.82. The van der Waals surface area contributed by atoms with Gasteiger partial charge in [-0.1, -0.05) is 54.1 Å². The van der Waals surface area contributed by atoms with E-state index in [-0.39, 0.29) is 10.7 Å². The molecule has 6 nitrogen and oxygen atoms in total. The number of para-hydroxylation sites is 2. The Hall–Kier alpha value is -3.68. The van der Waals surface area contributed by atoms with E-state index in [2.05, 4.69) is 20.0 Å². The van der Waals surface area contributed by atoms with Gasteiger partial charge >= 0.3 is 0 Å². The molecule has 1 heterocycles. The van der Waals surface area contributed by atoms with Crippen LogP contribution in [0.2, 0.25) is 5.02 Å². The first kappa shape index (κ1) is 20.2. The molecular formula is C24H17ClN4O2S. The Morgan fingerprint density at radius 3 is 2.03 bits per heavy atom. The molecule has 0 fully saturated rings. The second-order valence-electron chi connectivity index (χ2n) is 7.16. The van der Waals surface area contributed by atoms with E-state index in [1.165, 1.54) is 24.3 Å². The molecule has 5 aromatic rings. The molecule has 32 heavy (non-hydrogen) atoms. The van der Waals surface area contributed by atoms with E-state index in [0.717, 1.165) is 16.5 Å². The molecule has 0 saturated carbocycles. The van der Waals surface area contributed by atoms with Gasteiger partial charge in [0.1, 0.15) is 0 Å². The number of aromatic nitrogens is 2. The lowest BCUT2D eigenvalue weighted by Gasteiger charge is -2.14. The molecule has 0 amide bonds. The largest absolute Gasteiger partial charge is 0.337 e. The molecule has 0 aliphatic rings. The highest BCUT2D eigenvalue weighted by Crippen LogP contribution is 2.28. The van der Waals surface area contributed by atoms with Gasteiger partial charge in [0, 0.05) is 10.7 Å². The summed E-state index contributed by atoms with van der Waals surface area (Å²) in [6, 6.07) is 27.1. The fourth-order valence-electron chi connectivity index (χ4n) is 3.36. The minimum absolute atomic E-state index is 0.0773. The Bertz CT molecular complexity index is 1550. The Labute approximate surface area is 190 Å². The van der Waals surface area contributed by atoms with Crippen molar-refractivity contribution in [3.05, 3.63) is 96.0 Å². The van der Waals surface area contributed by atoms with Gasteiger partial charge in [0.25, 0.3) is 10.0 Å². The van der Waals surface area contributed by atoms with Gasteiger partial charge in [-0.25, -0.2) is 18.4 Å². The van der Waals surface area contributed by atoms with E-state index < -0.39 is 10.0 Å². The predicted octanol–water partition coefficient (Wildman–Crippen LogP) is 5.98. The summed E-state index contributed by atoms with van der Waals surface area (Å²) in [6.45, 7) is 0. The van der Waals surface area contributed by atoms with E-state index in [0.29, 0.717) is 21.9 Å². The molecule has 4 aromatic carbocycles. The minimum atomic E-state index is -3.90. The van der Waals surface area contributed by atoms with Gasteiger partial charge in [0.15, 0.2) is 11.6 Å². The lowest BCUT2D eigenvalue weighted by Crippen LogP contribution is -2.16. The van der Waals surface area contributed by atoms with Crippen LogP contribution >= 0.6 is 11.6 Å². The lowest BCUT2D eigenvalue weighted by molar-refractivity contribution is 0.601. The van der Waals surface area contributed by atoms with Gasteiger partial charge in [-0.15, -0.1) is 0 Å². The zero-order chi connectivity index (χ0) is 22.1. The molecule has 0 unspecified atom stereocenters. The topological polar surface area (TPSA) is 84.0 Å². The molecule has 0 aliphatic heterocycles. The number of hydrogen-bond acceptors (Lipinski definition) is 5. The number of fused-ring (bicyclic) bond motifs is 2. The number of anilines is 3. The first-order valence-electron chi connectivity index (χ1n) is 9.79. The lowest BCUT2D eigenvalue weighted by atomic mass is 10.1. The van der Waals surface area contributed by atoms with Crippen molar-refractivity contribution in [3.8, 4) is 0 Å². The van der Waals surface area contributed by atoms with Crippen molar-refractivity contribution in [3.63, 3.8) is 0 Å². The van der Waals surface area contributed by atoms with Crippen LogP contribution in [0.4, 0.5) is 17.3 Å². The fraction of sp³-hybridized carbons (Fsp3) is 0. The van der Waals surface area contributed by atoms with Crippen LogP contribution in [0.1, 0.15) is 0 Å². The molecular weight excluding hydrogens is 444 g/mol. The van der Waals surface area contributed by atoms with Crippen LogP contribution in [0.5, 0.6) is 0 Å². The molecule has 2 N–H and O–H groups in total. The van der Waals surface area contributed by atoms with Crippen molar-refractivity contribution in [1.29, 1.82) is 0 Å². The van der Waals surface area contributed by atoms with Crippen LogP contribution < -0.4 is 10.0 Å². The summed E-state index contributed by atoms with van der Waals surface area (Å²) in [5.41, 5.74) is 1.98. The Balaban J connectivity index is 1.57. The molecule has 0 saturated heterocycles. The first-order chi connectivity index (χ1) is 15.5. The van der Waals surface area contributed by atoms with Crippen molar-refractivity contribution < 1.29 is 8.42 Å². The maximum Gasteiger partial charge on any atom is 0.263 e. The van der Waals surface area contributed by atoms with Crippen LogP contribution in [-0.4, -0.2) is 18.4 Å². The van der Waals surface area contributed by atoms with Crippen molar-refractivity contribution in [2.45, 2.75) is 4.90 Å². The van der Waals surface area contributed by atoms with Crippen molar-refractivity contribution in [2.24, 2.45) is 0 Å². The summed E-state index contributed by atoms with van der Waals surface area (Å²) in [6.07, 6.45) is 0. The smallest absolute Gasteiger partial charge is 0.263 e. The number of nitrogens with zero attached hydrogens (tertiary/aromatic N) is 2. The zero-order valence-corrected chi connectivity index (χ0v) is 18.2. The second kappa shape index (κ2) is 8.11. The number of nitrogens with one attached hydrogen (secondary N) is 2. The monoisotopic (exact) mass is 460 g/mol. The summed E-state index contributed by atoms with van der Waals surface area (Å²) in [7, 11) is -3.90. The maximum atomic E-state index is 13.0. The van der Waals surface area contributed by atoms with Crippen molar-refractivity contribution >= 4 is 60.8 Å². The predicted molar refractivity (Wildman–Crippen MR) is 129 cm³/mol. The van der Waals surface area contributed by atoms with Crippen molar-refractivity contribution in [1.82, 2.24) is 9.97 Å². The van der Waals surface area contributed by atoms with Gasteiger partial charge in [-0.3, -0.25) is 4.72 Å². The molecule has 0 bridgehead atoms. The number of rotatable bonds is 5. The third-order valence-electron chi connectivity index (χ3n) is 4.94. The van der Waals surface area contributed by atoms with E-state index in [1.807, 2.05) is 60.7 Å². The Morgan fingerprint density at radius 1 is 0.688 bits per heavy atom. The third kappa shape index (κ3) is 4.08. The van der Waals surface area contributed by atoms with E-state index in [4.69, 9.17) is 11.6 Å². The van der Waals surface area contributed by atoms with E-state index >= 15 is 0 Å². The summed E-state index contributed by atoms with van der Waals surface area (Å²) in [4.78, 5) is 9.22. The van der Waals surface area contributed by atoms with Crippen LogP contribution in [0.15, 0.2) is 95.9 Å². The number of halogens is 1. The third-order valence-corrected chi connectivity index (χ3v) is 6.54. The van der Waals surface area contributed by atoms with Gasteiger partial charge < -0.3 is 5.32 Å². The highest BCUT2D eigenvalue weighted by Gasteiger charge is 2.19. The van der Waals surface area contributed by atoms with Crippen LogP contribution in [0, 0.1) is 0 Å². The van der Waals surface area contributed by atoms with Crippen LogP contribution in [0.25, 0.3) is 21.8 Å². The second-order valence-corrected chi connectivity index (χ2v) is 9.27. The molecule has 0 atom stereocenters. The minimum Gasteiger partial charge on any atom is -0.337 e. The highest BCUT2D eigenvalue weighted by molar-refractivity contribution is 7.92. The first-order valence-corrected chi connectivity index (χ1v) is 11.7. The molecule has 5 rings (SSSR count). The average Bonchev–Trinajstić information content (AvgIpc) is 2.79. The van der Waals surface area contributed by atoms with Crippen molar-refractivity contribution in [2.75, 3.05) is 10.0 Å². The quantitative estimate of drug-likeness (QED) is 0.337. The van der Waals surface area contributed by atoms with Gasteiger partial charge in [-0.2, -0.15) is 0 Å². The fourth-order valence-corrected chi connectivity index (χ4v) is 4.50. The van der Waals surface area contributed by atoms with Crippen LogP contribution in [-0.2, 0) is 10.0 Å². The van der Waals surface area contributed by atoms with Gasteiger partial charge in [-0.05, 0) is 59.3 Å². The Morgan fingerprint density at radius 2 is 1.31 bits per heavy atom. The van der Waals surface area contributed by atoms with E-state index in [9.17, 15) is 8.42 Å². The average molecular weight is 461 g/mol. The standard InChI is InChI=1S/C24H17ClN4O2S/c25-18-10-13-20(14-11-18)32(30,31)29-24-23(27-21-7-3-4-8-22(21)28-24)26-19-12-9-16-5-1-2-6-17(16)15-19/h1-15H,(H,26,27)(H,28,29). The Kier molecular flexibility index (Phi) is 5.13. The molecule has 1 aromatic heterocycles. The van der Waals surface area contributed by atoms with Gasteiger partial charge in [0.2, 0.25) is 0 Å². The summed E-state index contributed by atoms with van der Waals surface area (Å²) in [5.74, 6) is 0.406. The maximum absolute atomic E-state index is 13.0. The molecule has 0 aliphatic carbocycles. The number of hydrogen-bond donors (Lipinski definition) is 2. The summed E-state index contributed by atoms with van der Waals surface area (Å²) < 4.78 is 28.5. The van der Waals surface area contributed by atoms with Crippen LogP contribution in [0.3, 0.4) is 0 Å². The zero-order valence-electron chi connectivity index (χ0n) is 16.7. The summed E-state index contributed by atoms with van der Waals surface area (Å²) >= 11 is 5.90.